The first-order valence-corrected chi connectivity index (χ1v) is 9.51. The number of furan rings is 1. The minimum absolute atomic E-state index is 0.286. The highest BCUT2D eigenvalue weighted by Gasteiger charge is 2.18. The zero-order chi connectivity index (χ0) is 19.1. The van der Waals surface area contributed by atoms with Crippen LogP contribution in [0.15, 0.2) is 29.0 Å². The molecule has 0 radical (unpaired) electrons. The van der Waals surface area contributed by atoms with Gasteiger partial charge in [0, 0.05) is 39.3 Å². The van der Waals surface area contributed by atoms with Crippen LogP contribution in [0, 0.1) is 0 Å². The summed E-state index contributed by atoms with van der Waals surface area (Å²) in [5, 5.41) is 9.77. The van der Waals surface area contributed by atoms with Crippen LogP contribution in [0.3, 0.4) is 0 Å². The van der Waals surface area contributed by atoms with Crippen molar-refractivity contribution >= 4 is 22.6 Å². The molecular weight excluding hydrogens is 358 g/mol. The van der Waals surface area contributed by atoms with E-state index in [2.05, 4.69) is 37.0 Å². The highest BCUT2D eigenvalue weighted by Crippen LogP contribution is 2.23. The summed E-state index contributed by atoms with van der Waals surface area (Å²) in [6.07, 6.45) is 4.39. The van der Waals surface area contributed by atoms with Gasteiger partial charge in [-0.1, -0.05) is 0 Å². The quantitative estimate of drug-likeness (QED) is 0.545. The van der Waals surface area contributed by atoms with Gasteiger partial charge < -0.3 is 20.0 Å². The Morgan fingerprint density at radius 3 is 2.75 bits per heavy atom. The maximum atomic E-state index is 6.14. The zero-order valence-electron chi connectivity index (χ0n) is 15.8. The van der Waals surface area contributed by atoms with Crippen LogP contribution in [0.1, 0.15) is 6.42 Å². The van der Waals surface area contributed by atoms with Gasteiger partial charge >= 0.3 is 0 Å². The van der Waals surface area contributed by atoms with Gasteiger partial charge in [0.25, 0.3) is 0 Å². The highest BCUT2D eigenvalue weighted by atomic mass is 16.3. The lowest BCUT2D eigenvalue weighted by molar-refractivity contribution is 0.151. The minimum Gasteiger partial charge on any atom is -0.461 e. The molecule has 0 amide bonds. The summed E-state index contributed by atoms with van der Waals surface area (Å²) in [7, 11) is 2.17. The molecule has 2 N–H and O–H groups in total. The number of nitrogen functional groups attached to an aromatic ring is 1. The van der Waals surface area contributed by atoms with Crippen LogP contribution in [-0.2, 0) is 6.54 Å². The molecule has 0 aliphatic carbocycles. The predicted octanol–water partition coefficient (Wildman–Crippen LogP) is 0.954. The van der Waals surface area contributed by atoms with Crippen molar-refractivity contribution in [3.05, 3.63) is 24.6 Å². The zero-order valence-corrected chi connectivity index (χ0v) is 15.8. The van der Waals surface area contributed by atoms with Gasteiger partial charge in [0.15, 0.2) is 17.1 Å². The molecule has 4 aromatic rings. The van der Waals surface area contributed by atoms with Crippen molar-refractivity contribution in [3.63, 3.8) is 0 Å². The Morgan fingerprint density at radius 1 is 1.11 bits per heavy atom. The monoisotopic (exact) mass is 381 g/mol. The van der Waals surface area contributed by atoms with E-state index in [1.54, 1.807) is 18.5 Å². The van der Waals surface area contributed by atoms with E-state index in [1.165, 1.54) is 4.52 Å². The number of aryl methyl sites for hydroxylation is 1. The predicted molar refractivity (Wildman–Crippen MR) is 105 cm³/mol. The van der Waals surface area contributed by atoms with Gasteiger partial charge in [-0.2, -0.15) is 14.6 Å². The molecule has 10 heteroatoms. The summed E-state index contributed by atoms with van der Waals surface area (Å²) < 4.78 is 8.84. The SMILES string of the molecule is CN1CCN(CCCn2ncc3c2nc(N)n2nc(-c4ccco4)nc32)CC1. The number of aromatic nitrogens is 6. The van der Waals surface area contributed by atoms with E-state index in [9.17, 15) is 0 Å². The van der Waals surface area contributed by atoms with E-state index in [0.717, 1.165) is 56.7 Å². The second-order valence-electron chi connectivity index (χ2n) is 7.22. The van der Waals surface area contributed by atoms with Gasteiger partial charge in [0.05, 0.1) is 17.8 Å². The first-order valence-electron chi connectivity index (χ1n) is 9.51. The second kappa shape index (κ2) is 6.88. The maximum absolute atomic E-state index is 6.14. The van der Waals surface area contributed by atoms with Crippen molar-refractivity contribution in [2.75, 3.05) is 45.5 Å². The van der Waals surface area contributed by atoms with Crippen molar-refractivity contribution in [2.24, 2.45) is 0 Å². The fourth-order valence-corrected chi connectivity index (χ4v) is 3.65. The molecule has 5 rings (SSSR count). The van der Waals surface area contributed by atoms with Crippen LogP contribution >= 0.6 is 0 Å². The van der Waals surface area contributed by atoms with Crippen molar-refractivity contribution < 1.29 is 4.42 Å². The number of likely N-dealkylation sites (N-methyl/N-ethyl adjacent to an activating group) is 1. The topological polar surface area (TPSA) is 107 Å². The van der Waals surface area contributed by atoms with Crippen LogP contribution in [0.4, 0.5) is 5.95 Å². The van der Waals surface area contributed by atoms with E-state index in [0.29, 0.717) is 17.2 Å². The molecule has 4 aromatic heterocycles. The Morgan fingerprint density at radius 2 is 1.96 bits per heavy atom. The van der Waals surface area contributed by atoms with Gasteiger partial charge in [-0.15, -0.1) is 5.10 Å². The molecule has 0 atom stereocenters. The van der Waals surface area contributed by atoms with E-state index >= 15 is 0 Å². The average Bonchev–Trinajstić information content (AvgIpc) is 3.42. The Hall–Kier alpha value is -2.98. The summed E-state index contributed by atoms with van der Waals surface area (Å²) >= 11 is 0. The summed E-state index contributed by atoms with van der Waals surface area (Å²) in [6.45, 7) is 6.35. The molecule has 1 saturated heterocycles. The molecule has 10 nitrogen and oxygen atoms in total. The molecule has 0 spiro atoms. The fraction of sp³-hybridized carbons (Fsp3) is 0.444. The lowest BCUT2D eigenvalue weighted by atomic mass is 10.3. The molecule has 0 saturated carbocycles. The number of hydrogen-bond donors (Lipinski definition) is 1. The fourth-order valence-electron chi connectivity index (χ4n) is 3.65. The van der Waals surface area contributed by atoms with Gasteiger partial charge in [-0.05, 0) is 25.6 Å². The van der Waals surface area contributed by atoms with Gasteiger partial charge in [0.2, 0.25) is 11.8 Å². The molecule has 28 heavy (non-hydrogen) atoms. The summed E-state index contributed by atoms with van der Waals surface area (Å²) in [5.41, 5.74) is 7.52. The van der Waals surface area contributed by atoms with Crippen LogP contribution in [0.5, 0.6) is 0 Å². The lowest BCUT2D eigenvalue weighted by Gasteiger charge is -2.32. The van der Waals surface area contributed by atoms with Gasteiger partial charge in [-0.3, -0.25) is 0 Å². The van der Waals surface area contributed by atoms with Crippen molar-refractivity contribution in [1.29, 1.82) is 0 Å². The van der Waals surface area contributed by atoms with Gasteiger partial charge in [0.1, 0.15) is 0 Å². The molecule has 0 aromatic carbocycles. The van der Waals surface area contributed by atoms with Gasteiger partial charge in [-0.25, -0.2) is 9.67 Å². The van der Waals surface area contributed by atoms with Crippen molar-refractivity contribution in [1.82, 2.24) is 39.2 Å². The lowest BCUT2D eigenvalue weighted by Crippen LogP contribution is -2.44. The summed E-state index contributed by atoms with van der Waals surface area (Å²) in [5.74, 6) is 1.36. The Labute approximate surface area is 161 Å². The van der Waals surface area contributed by atoms with E-state index in [-0.39, 0.29) is 5.95 Å². The number of fused-ring (bicyclic) bond motifs is 3. The third-order valence-corrected chi connectivity index (χ3v) is 5.28. The van der Waals surface area contributed by atoms with E-state index < -0.39 is 0 Å². The molecule has 1 aliphatic heterocycles. The Balaban J connectivity index is 1.39. The second-order valence-corrected chi connectivity index (χ2v) is 7.22. The number of rotatable bonds is 5. The highest BCUT2D eigenvalue weighted by molar-refractivity contribution is 5.90. The van der Waals surface area contributed by atoms with Crippen LogP contribution in [-0.4, -0.2) is 78.9 Å². The number of nitrogens with zero attached hydrogens (tertiary/aromatic N) is 8. The molecular formula is C18H23N9O. The van der Waals surface area contributed by atoms with Crippen molar-refractivity contribution in [2.45, 2.75) is 13.0 Å². The largest absolute Gasteiger partial charge is 0.461 e. The molecule has 5 heterocycles. The first kappa shape index (κ1) is 17.1. The number of nitrogens with two attached hydrogens (primary N) is 1. The smallest absolute Gasteiger partial charge is 0.225 e. The maximum Gasteiger partial charge on any atom is 0.225 e. The Kier molecular flexibility index (Phi) is 4.21. The van der Waals surface area contributed by atoms with Crippen LogP contribution < -0.4 is 5.73 Å². The number of hydrogen-bond acceptors (Lipinski definition) is 8. The Bertz CT molecular complexity index is 1090. The normalized spacial score (nSPS) is 16.5. The summed E-state index contributed by atoms with van der Waals surface area (Å²) in [4.78, 5) is 14.0. The number of piperazine rings is 1. The third-order valence-electron chi connectivity index (χ3n) is 5.28. The minimum atomic E-state index is 0.286. The standard InChI is InChI=1S/C18H23N9O/c1-24-7-9-25(10-8-24)5-3-6-26-16-13(12-20-26)17-21-15(14-4-2-11-28-14)23-27(17)18(19)22-16/h2,4,11-12H,3,5-10H2,1H3,(H2,19,22). The van der Waals surface area contributed by atoms with Crippen molar-refractivity contribution in [3.8, 4) is 11.6 Å². The number of anilines is 1. The van der Waals surface area contributed by atoms with E-state index in [1.807, 2.05) is 10.7 Å². The average molecular weight is 381 g/mol. The molecule has 1 aliphatic rings. The molecule has 0 unspecified atom stereocenters. The molecule has 1 fully saturated rings. The van der Waals surface area contributed by atoms with Crippen LogP contribution in [0.25, 0.3) is 28.3 Å². The third kappa shape index (κ3) is 3.00. The van der Waals surface area contributed by atoms with E-state index in [4.69, 9.17) is 10.2 Å². The molecule has 146 valence electrons. The first-order chi connectivity index (χ1) is 13.7. The summed E-state index contributed by atoms with van der Waals surface area (Å²) in [6, 6.07) is 3.62. The molecule has 0 bridgehead atoms. The van der Waals surface area contributed by atoms with Crippen LogP contribution in [0.2, 0.25) is 0 Å².